The average molecular weight is 192 g/mol. The van der Waals surface area contributed by atoms with Gasteiger partial charge in [0.2, 0.25) is 0 Å². The highest BCUT2D eigenvalue weighted by atomic mass is 19.1. The van der Waals surface area contributed by atoms with Gasteiger partial charge in [-0.15, -0.1) is 0 Å². The van der Waals surface area contributed by atoms with Crippen LogP contribution >= 0.6 is 0 Å². The van der Waals surface area contributed by atoms with E-state index in [2.05, 4.69) is 9.97 Å². The summed E-state index contributed by atoms with van der Waals surface area (Å²) in [5.74, 6) is -0.318. The number of aromatic nitrogens is 2. The average Bonchev–Trinajstić information content (AvgIpc) is 2.17. The smallest absolute Gasteiger partial charge is 0.305 e. The van der Waals surface area contributed by atoms with E-state index in [4.69, 9.17) is 0 Å². The van der Waals surface area contributed by atoms with Gasteiger partial charge in [-0.2, -0.15) is 4.98 Å². The number of nitrogens with one attached hydrogen (secondary N) is 1. The normalized spacial score (nSPS) is 10.7. The van der Waals surface area contributed by atoms with Crippen molar-refractivity contribution in [3.63, 3.8) is 0 Å². The Labute approximate surface area is 79.6 Å². The van der Waals surface area contributed by atoms with Crippen LogP contribution in [0.1, 0.15) is 12.6 Å². The van der Waals surface area contributed by atoms with Gasteiger partial charge in [0.1, 0.15) is 5.82 Å². The molecule has 1 aromatic heterocycles. The monoisotopic (exact) mass is 192 g/mol. The van der Waals surface area contributed by atoms with Crippen LogP contribution < -0.4 is 5.69 Å². The first kappa shape index (κ1) is 8.87. The summed E-state index contributed by atoms with van der Waals surface area (Å²) in [5.41, 5.74) is 0.868. The molecule has 0 atom stereocenters. The van der Waals surface area contributed by atoms with Crippen LogP contribution in [0, 0.1) is 5.82 Å². The van der Waals surface area contributed by atoms with Crippen LogP contribution in [0.3, 0.4) is 0 Å². The van der Waals surface area contributed by atoms with Crippen molar-refractivity contribution >= 4 is 10.9 Å². The minimum Gasteiger partial charge on any atom is -0.305 e. The first-order valence-electron chi connectivity index (χ1n) is 4.39. The third kappa shape index (κ3) is 1.39. The van der Waals surface area contributed by atoms with Gasteiger partial charge in [0.25, 0.3) is 0 Å². The number of H-pyrrole nitrogens is 1. The number of hydrogen-bond donors (Lipinski definition) is 1. The van der Waals surface area contributed by atoms with Crippen molar-refractivity contribution < 1.29 is 4.39 Å². The summed E-state index contributed by atoms with van der Waals surface area (Å²) in [7, 11) is 0. The molecule has 0 aliphatic carbocycles. The maximum absolute atomic E-state index is 12.9. The van der Waals surface area contributed by atoms with Crippen LogP contribution in [0.2, 0.25) is 0 Å². The lowest BCUT2D eigenvalue weighted by Gasteiger charge is -2.01. The van der Waals surface area contributed by atoms with Gasteiger partial charge < -0.3 is 4.98 Å². The second-order valence-electron chi connectivity index (χ2n) is 3.03. The molecule has 1 aromatic carbocycles. The van der Waals surface area contributed by atoms with Crippen LogP contribution in [-0.4, -0.2) is 9.97 Å². The van der Waals surface area contributed by atoms with E-state index < -0.39 is 0 Å². The SMILES string of the molecule is CCc1nc(=O)[nH]c2ccc(F)cc12. The van der Waals surface area contributed by atoms with Gasteiger partial charge in [0.05, 0.1) is 11.2 Å². The zero-order valence-corrected chi connectivity index (χ0v) is 7.67. The maximum Gasteiger partial charge on any atom is 0.345 e. The van der Waals surface area contributed by atoms with E-state index in [0.29, 0.717) is 23.0 Å². The molecule has 0 aliphatic heterocycles. The minimum absolute atomic E-state index is 0.318. The van der Waals surface area contributed by atoms with Gasteiger partial charge in [-0.05, 0) is 24.6 Å². The summed E-state index contributed by atoms with van der Waals surface area (Å²) in [6.45, 7) is 1.88. The Morgan fingerprint density at radius 1 is 1.50 bits per heavy atom. The molecule has 0 amide bonds. The van der Waals surface area contributed by atoms with Crippen molar-refractivity contribution in [2.24, 2.45) is 0 Å². The summed E-state index contributed by atoms with van der Waals surface area (Å²) in [6, 6.07) is 4.25. The van der Waals surface area contributed by atoms with E-state index in [-0.39, 0.29) is 11.5 Å². The predicted octanol–water partition coefficient (Wildman–Crippen LogP) is 1.62. The molecule has 0 radical (unpaired) electrons. The summed E-state index contributed by atoms with van der Waals surface area (Å²) in [5, 5.41) is 0.673. The van der Waals surface area contributed by atoms with Crippen molar-refractivity contribution in [1.82, 2.24) is 9.97 Å². The van der Waals surface area contributed by atoms with Crippen molar-refractivity contribution in [2.45, 2.75) is 13.3 Å². The Hall–Kier alpha value is -1.71. The van der Waals surface area contributed by atoms with Crippen molar-refractivity contribution in [3.8, 4) is 0 Å². The first-order chi connectivity index (χ1) is 6.70. The van der Waals surface area contributed by atoms with Gasteiger partial charge in [-0.1, -0.05) is 6.92 Å². The zero-order chi connectivity index (χ0) is 10.1. The van der Waals surface area contributed by atoms with E-state index in [1.54, 1.807) is 6.07 Å². The molecular formula is C10H9FN2O. The van der Waals surface area contributed by atoms with Crippen LogP contribution in [0.5, 0.6) is 0 Å². The van der Waals surface area contributed by atoms with Crippen molar-refractivity contribution in [2.75, 3.05) is 0 Å². The quantitative estimate of drug-likeness (QED) is 0.746. The van der Waals surface area contributed by atoms with Gasteiger partial charge in [-0.25, -0.2) is 9.18 Å². The van der Waals surface area contributed by atoms with Crippen LogP contribution in [0.15, 0.2) is 23.0 Å². The Bertz CT molecular complexity index is 533. The van der Waals surface area contributed by atoms with E-state index in [1.165, 1.54) is 12.1 Å². The Morgan fingerprint density at radius 3 is 3.00 bits per heavy atom. The molecule has 0 saturated heterocycles. The number of nitrogens with zero attached hydrogens (tertiary/aromatic N) is 1. The zero-order valence-electron chi connectivity index (χ0n) is 7.67. The van der Waals surface area contributed by atoms with E-state index in [0.717, 1.165) is 0 Å². The molecule has 3 nitrogen and oxygen atoms in total. The molecule has 1 heterocycles. The second-order valence-corrected chi connectivity index (χ2v) is 3.03. The molecular weight excluding hydrogens is 183 g/mol. The highest BCUT2D eigenvalue weighted by Gasteiger charge is 2.03. The lowest BCUT2D eigenvalue weighted by molar-refractivity contribution is 0.629. The third-order valence-corrected chi connectivity index (χ3v) is 2.11. The molecule has 0 saturated carbocycles. The van der Waals surface area contributed by atoms with Gasteiger partial charge >= 0.3 is 5.69 Å². The molecule has 0 aliphatic rings. The van der Waals surface area contributed by atoms with Crippen molar-refractivity contribution in [1.29, 1.82) is 0 Å². The number of benzene rings is 1. The van der Waals surface area contributed by atoms with Gasteiger partial charge in [0, 0.05) is 5.39 Å². The van der Waals surface area contributed by atoms with Crippen LogP contribution in [-0.2, 0) is 6.42 Å². The van der Waals surface area contributed by atoms with Crippen molar-refractivity contribution in [3.05, 3.63) is 40.2 Å². The standard InChI is InChI=1S/C10H9FN2O/c1-2-8-7-5-6(11)3-4-9(7)13-10(14)12-8/h3-5H,2H2,1H3,(H,12,13,14). The molecule has 0 bridgehead atoms. The highest BCUT2D eigenvalue weighted by Crippen LogP contribution is 2.14. The fourth-order valence-electron chi connectivity index (χ4n) is 1.46. The fraction of sp³-hybridized carbons (Fsp3) is 0.200. The summed E-state index contributed by atoms with van der Waals surface area (Å²) in [6.07, 6.45) is 0.615. The minimum atomic E-state index is -0.388. The van der Waals surface area contributed by atoms with Crippen LogP contribution in [0.4, 0.5) is 4.39 Å². The number of rotatable bonds is 1. The molecule has 14 heavy (non-hydrogen) atoms. The van der Waals surface area contributed by atoms with Gasteiger partial charge in [0.15, 0.2) is 0 Å². The molecule has 1 N–H and O–H groups in total. The Balaban J connectivity index is 2.88. The molecule has 0 fully saturated rings. The largest absolute Gasteiger partial charge is 0.345 e. The Morgan fingerprint density at radius 2 is 2.29 bits per heavy atom. The summed E-state index contributed by atoms with van der Waals surface area (Å²) < 4.78 is 12.9. The maximum atomic E-state index is 12.9. The molecule has 2 aromatic rings. The fourth-order valence-corrected chi connectivity index (χ4v) is 1.46. The number of halogens is 1. The van der Waals surface area contributed by atoms with E-state index in [9.17, 15) is 9.18 Å². The number of aromatic amines is 1. The third-order valence-electron chi connectivity index (χ3n) is 2.11. The second kappa shape index (κ2) is 3.21. The topological polar surface area (TPSA) is 45.8 Å². The molecule has 72 valence electrons. The van der Waals surface area contributed by atoms with Gasteiger partial charge in [-0.3, -0.25) is 0 Å². The van der Waals surface area contributed by atoms with E-state index >= 15 is 0 Å². The molecule has 0 spiro atoms. The predicted molar refractivity (Wildman–Crippen MR) is 51.7 cm³/mol. The van der Waals surface area contributed by atoms with E-state index in [1.807, 2.05) is 6.92 Å². The first-order valence-corrected chi connectivity index (χ1v) is 4.39. The number of aryl methyl sites for hydroxylation is 1. The van der Waals surface area contributed by atoms with Crippen LogP contribution in [0.25, 0.3) is 10.9 Å². The Kier molecular flexibility index (Phi) is 2.04. The molecule has 0 unspecified atom stereocenters. The summed E-state index contributed by atoms with van der Waals surface area (Å²) >= 11 is 0. The summed E-state index contributed by atoms with van der Waals surface area (Å²) in [4.78, 5) is 17.4. The lowest BCUT2D eigenvalue weighted by Crippen LogP contribution is -2.12. The number of hydrogen-bond acceptors (Lipinski definition) is 2. The highest BCUT2D eigenvalue weighted by molar-refractivity contribution is 5.80. The molecule has 4 heteroatoms. The molecule has 2 rings (SSSR count). The number of fused-ring (bicyclic) bond motifs is 1. The lowest BCUT2D eigenvalue weighted by atomic mass is 10.1.